The molecule has 0 aliphatic heterocycles. The summed E-state index contributed by atoms with van der Waals surface area (Å²) in [6, 6.07) is 3.25. The number of nitrogens with zero attached hydrogens (tertiary/aromatic N) is 2. The van der Waals surface area contributed by atoms with Crippen LogP contribution in [0.15, 0.2) is 18.3 Å². The lowest BCUT2D eigenvalue weighted by molar-refractivity contribution is 0.0939. The minimum Gasteiger partial charge on any atom is -0.384 e. The normalized spacial score (nSPS) is 12.4. The van der Waals surface area contributed by atoms with Crippen molar-refractivity contribution in [2.45, 2.75) is 39.7 Å². The van der Waals surface area contributed by atoms with Crippen LogP contribution in [-0.4, -0.2) is 15.9 Å². The van der Waals surface area contributed by atoms with E-state index in [1.54, 1.807) is 23.5 Å². The molecule has 1 atom stereocenters. The first-order chi connectivity index (χ1) is 9.86. The zero-order valence-electron chi connectivity index (χ0n) is 12.7. The van der Waals surface area contributed by atoms with Crippen molar-refractivity contribution >= 4 is 23.1 Å². The van der Waals surface area contributed by atoms with E-state index in [0.717, 1.165) is 15.6 Å². The van der Waals surface area contributed by atoms with Crippen LogP contribution in [0.1, 0.15) is 58.7 Å². The molecule has 0 radical (unpaired) electrons. The van der Waals surface area contributed by atoms with E-state index in [9.17, 15) is 4.79 Å². The molecule has 0 spiro atoms. The average molecular weight is 304 g/mol. The molecule has 5 nitrogen and oxygen atoms in total. The van der Waals surface area contributed by atoms with E-state index < -0.39 is 0 Å². The molecule has 1 amide bonds. The number of rotatable bonds is 4. The van der Waals surface area contributed by atoms with Crippen molar-refractivity contribution in [2.24, 2.45) is 0 Å². The fraction of sp³-hybridized carbons (Fsp3) is 0.400. The Morgan fingerprint density at radius 1 is 1.33 bits per heavy atom. The lowest BCUT2D eigenvalue weighted by atomic mass is 10.1. The molecule has 6 heteroatoms. The SMILES string of the molecule is Cc1cnc(C(C)NC(=O)c2cc(N)nc(C(C)C)c2)s1. The molecule has 2 aromatic rings. The van der Waals surface area contributed by atoms with Crippen molar-refractivity contribution in [1.82, 2.24) is 15.3 Å². The Morgan fingerprint density at radius 2 is 2.05 bits per heavy atom. The highest BCUT2D eigenvalue weighted by Crippen LogP contribution is 2.20. The van der Waals surface area contributed by atoms with Crippen LogP contribution >= 0.6 is 11.3 Å². The summed E-state index contributed by atoms with van der Waals surface area (Å²) in [5.41, 5.74) is 7.13. The summed E-state index contributed by atoms with van der Waals surface area (Å²) in [4.78, 5) is 22.0. The van der Waals surface area contributed by atoms with Crippen molar-refractivity contribution in [1.29, 1.82) is 0 Å². The third kappa shape index (κ3) is 3.78. The lowest BCUT2D eigenvalue weighted by Crippen LogP contribution is -2.27. The summed E-state index contributed by atoms with van der Waals surface area (Å²) < 4.78 is 0. The molecule has 2 heterocycles. The number of aromatic nitrogens is 2. The Bertz CT molecular complexity index is 651. The van der Waals surface area contributed by atoms with Crippen LogP contribution in [0.3, 0.4) is 0 Å². The summed E-state index contributed by atoms with van der Waals surface area (Å²) in [5, 5.41) is 3.84. The molecule has 3 N–H and O–H groups in total. The van der Waals surface area contributed by atoms with E-state index >= 15 is 0 Å². The van der Waals surface area contributed by atoms with Gasteiger partial charge in [-0.2, -0.15) is 0 Å². The van der Waals surface area contributed by atoms with Gasteiger partial charge in [0.15, 0.2) is 0 Å². The van der Waals surface area contributed by atoms with Gasteiger partial charge in [0.25, 0.3) is 5.91 Å². The maximum absolute atomic E-state index is 12.3. The van der Waals surface area contributed by atoms with Crippen molar-refractivity contribution in [2.75, 3.05) is 5.73 Å². The molecule has 112 valence electrons. The first kappa shape index (κ1) is 15.4. The highest BCUT2D eigenvalue weighted by molar-refractivity contribution is 7.11. The molecule has 0 aliphatic rings. The maximum atomic E-state index is 12.3. The number of nitrogen functional groups attached to an aromatic ring is 1. The Kier molecular flexibility index (Phi) is 4.57. The van der Waals surface area contributed by atoms with Gasteiger partial charge in [0.05, 0.1) is 6.04 Å². The number of pyridine rings is 1. The summed E-state index contributed by atoms with van der Waals surface area (Å²) in [5.74, 6) is 0.425. The number of anilines is 1. The highest BCUT2D eigenvalue weighted by Gasteiger charge is 2.16. The predicted molar refractivity (Wildman–Crippen MR) is 85.5 cm³/mol. The average Bonchev–Trinajstić information content (AvgIpc) is 2.84. The van der Waals surface area contributed by atoms with Gasteiger partial charge in [-0.25, -0.2) is 9.97 Å². The van der Waals surface area contributed by atoms with Crippen LogP contribution in [0.4, 0.5) is 5.82 Å². The molecule has 0 saturated heterocycles. The fourth-order valence-electron chi connectivity index (χ4n) is 1.91. The molecule has 2 aromatic heterocycles. The number of carbonyl (C=O) groups excluding carboxylic acids is 1. The molecule has 0 saturated carbocycles. The third-order valence-corrected chi connectivity index (χ3v) is 4.17. The van der Waals surface area contributed by atoms with Crippen LogP contribution in [0.5, 0.6) is 0 Å². The number of nitrogens with two attached hydrogens (primary N) is 1. The topological polar surface area (TPSA) is 80.9 Å². The number of amides is 1. The van der Waals surface area contributed by atoms with E-state index in [2.05, 4.69) is 15.3 Å². The van der Waals surface area contributed by atoms with Gasteiger partial charge in [0, 0.05) is 22.3 Å². The number of thiazole rings is 1. The number of hydrogen-bond donors (Lipinski definition) is 2. The Morgan fingerprint density at radius 3 is 2.62 bits per heavy atom. The predicted octanol–water partition coefficient (Wildman–Crippen LogP) is 3.04. The van der Waals surface area contributed by atoms with Gasteiger partial charge in [-0.05, 0) is 31.9 Å². The molecule has 0 aliphatic carbocycles. The van der Waals surface area contributed by atoms with E-state index in [-0.39, 0.29) is 17.9 Å². The summed E-state index contributed by atoms with van der Waals surface area (Å²) >= 11 is 1.58. The molecule has 1 unspecified atom stereocenters. The van der Waals surface area contributed by atoms with Crippen LogP contribution in [-0.2, 0) is 0 Å². The van der Waals surface area contributed by atoms with Crippen molar-refractivity contribution in [3.63, 3.8) is 0 Å². The molecular weight excluding hydrogens is 284 g/mol. The molecular formula is C15H20N4OS. The first-order valence-electron chi connectivity index (χ1n) is 6.87. The largest absolute Gasteiger partial charge is 0.384 e. The zero-order valence-corrected chi connectivity index (χ0v) is 13.5. The number of hydrogen-bond acceptors (Lipinski definition) is 5. The standard InChI is InChI=1S/C15H20N4OS/c1-8(2)12-5-11(6-13(16)19-12)14(20)18-10(4)15-17-7-9(3)21-15/h5-8,10H,1-4H3,(H2,16,19)(H,18,20). The van der Waals surface area contributed by atoms with Gasteiger partial charge in [-0.3, -0.25) is 4.79 Å². The summed E-state index contributed by atoms with van der Waals surface area (Å²) in [6.07, 6.45) is 1.81. The highest BCUT2D eigenvalue weighted by atomic mass is 32.1. The maximum Gasteiger partial charge on any atom is 0.252 e. The quantitative estimate of drug-likeness (QED) is 0.909. The number of carbonyl (C=O) groups is 1. The van der Waals surface area contributed by atoms with E-state index in [1.807, 2.05) is 33.9 Å². The lowest BCUT2D eigenvalue weighted by Gasteiger charge is -2.13. The van der Waals surface area contributed by atoms with Crippen molar-refractivity contribution in [3.8, 4) is 0 Å². The van der Waals surface area contributed by atoms with Gasteiger partial charge in [-0.1, -0.05) is 13.8 Å². The third-order valence-electron chi connectivity index (χ3n) is 3.08. The second-order valence-electron chi connectivity index (χ2n) is 5.36. The van der Waals surface area contributed by atoms with Crippen LogP contribution in [0.25, 0.3) is 0 Å². The summed E-state index contributed by atoms with van der Waals surface area (Å²) in [6.45, 7) is 7.95. The molecule has 0 aromatic carbocycles. The van der Waals surface area contributed by atoms with Gasteiger partial charge >= 0.3 is 0 Å². The Labute approximate surface area is 128 Å². The minimum absolute atomic E-state index is 0.131. The van der Waals surface area contributed by atoms with Gasteiger partial charge in [-0.15, -0.1) is 11.3 Å². The molecule has 0 bridgehead atoms. The fourth-order valence-corrected chi connectivity index (χ4v) is 2.69. The minimum atomic E-state index is -0.161. The Hall–Kier alpha value is -1.95. The first-order valence-corrected chi connectivity index (χ1v) is 7.69. The van der Waals surface area contributed by atoms with Crippen LogP contribution in [0.2, 0.25) is 0 Å². The molecule has 2 rings (SSSR count). The van der Waals surface area contributed by atoms with Gasteiger partial charge < -0.3 is 11.1 Å². The number of nitrogens with one attached hydrogen (secondary N) is 1. The van der Waals surface area contributed by atoms with Gasteiger partial charge in [0.2, 0.25) is 0 Å². The Balaban J connectivity index is 2.16. The smallest absolute Gasteiger partial charge is 0.252 e. The zero-order chi connectivity index (χ0) is 15.6. The van der Waals surface area contributed by atoms with E-state index in [0.29, 0.717) is 11.4 Å². The van der Waals surface area contributed by atoms with Gasteiger partial charge in [0.1, 0.15) is 10.8 Å². The number of aryl methyl sites for hydroxylation is 1. The second kappa shape index (κ2) is 6.22. The van der Waals surface area contributed by atoms with Crippen LogP contribution in [0, 0.1) is 6.92 Å². The summed E-state index contributed by atoms with van der Waals surface area (Å²) in [7, 11) is 0. The van der Waals surface area contributed by atoms with E-state index in [1.165, 1.54) is 0 Å². The van der Waals surface area contributed by atoms with Crippen molar-refractivity contribution < 1.29 is 4.79 Å². The van der Waals surface area contributed by atoms with Crippen molar-refractivity contribution in [3.05, 3.63) is 39.5 Å². The molecule has 21 heavy (non-hydrogen) atoms. The monoisotopic (exact) mass is 304 g/mol. The van der Waals surface area contributed by atoms with Crippen LogP contribution < -0.4 is 11.1 Å². The second-order valence-corrected chi connectivity index (χ2v) is 6.63. The van der Waals surface area contributed by atoms with E-state index in [4.69, 9.17) is 5.73 Å². The molecule has 0 fully saturated rings.